The summed E-state index contributed by atoms with van der Waals surface area (Å²) >= 11 is 7.78. The Labute approximate surface area is 128 Å². The maximum Gasteiger partial charge on any atom is 0.387 e. The number of ether oxygens (including phenoxy) is 1. The number of halogens is 4. The van der Waals surface area contributed by atoms with Crippen LogP contribution in [0.5, 0.6) is 5.75 Å². The van der Waals surface area contributed by atoms with Gasteiger partial charge in [-0.15, -0.1) is 11.3 Å². The fourth-order valence-electron chi connectivity index (χ4n) is 1.44. The standard InChI is InChI=1S/C12H6Br2F2O2S/c13-7-5-9(19-11(7)14)10(17)6-3-1-2-4-8(6)18-12(15)16/h1-5,12H. The number of carbonyl (C=O) groups is 1. The van der Waals surface area contributed by atoms with E-state index in [1.54, 1.807) is 12.1 Å². The van der Waals surface area contributed by atoms with E-state index in [1.807, 2.05) is 0 Å². The molecule has 0 radical (unpaired) electrons. The van der Waals surface area contributed by atoms with E-state index in [0.29, 0.717) is 4.88 Å². The van der Waals surface area contributed by atoms with Gasteiger partial charge in [0.15, 0.2) is 0 Å². The Morgan fingerprint density at radius 1 is 1.26 bits per heavy atom. The molecule has 0 fully saturated rings. The Hall–Kier alpha value is -0.790. The molecule has 2 aromatic rings. The Morgan fingerprint density at radius 2 is 1.95 bits per heavy atom. The molecule has 1 heterocycles. The van der Waals surface area contributed by atoms with Crippen LogP contribution in [0.25, 0.3) is 0 Å². The van der Waals surface area contributed by atoms with Crippen molar-refractivity contribution in [2.75, 3.05) is 0 Å². The van der Waals surface area contributed by atoms with Gasteiger partial charge in [0.2, 0.25) is 5.78 Å². The van der Waals surface area contributed by atoms with Crippen molar-refractivity contribution in [2.24, 2.45) is 0 Å². The number of carbonyl (C=O) groups excluding carboxylic acids is 1. The molecule has 0 unspecified atom stereocenters. The zero-order valence-corrected chi connectivity index (χ0v) is 13.2. The first-order valence-electron chi connectivity index (χ1n) is 5.02. The molecule has 1 aromatic carbocycles. The summed E-state index contributed by atoms with van der Waals surface area (Å²) in [4.78, 5) is 12.7. The van der Waals surface area contributed by atoms with Crippen molar-refractivity contribution in [3.8, 4) is 5.75 Å². The van der Waals surface area contributed by atoms with Crippen molar-refractivity contribution >= 4 is 49.0 Å². The molecular weight excluding hydrogens is 406 g/mol. The van der Waals surface area contributed by atoms with Crippen LogP contribution in [0.4, 0.5) is 8.78 Å². The predicted octanol–water partition coefficient (Wildman–Crippen LogP) is 5.11. The number of thiophene rings is 1. The summed E-state index contributed by atoms with van der Waals surface area (Å²) in [6, 6.07) is 7.58. The van der Waals surface area contributed by atoms with Crippen molar-refractivity contribution < 1.29 is 18.3 Å². The highest BCUT2D eigenvalue weighted by atomic mass is 79.9. The highest BCUT2D eigenvalue weighted by Gasteiger charge is 2.19. The lowest BCUT2D eigenvalue weighted by molar-refractivity contribution is -0.0501. The molecule has 0 N–H and O–H groups in total. The Morgan fingerprint density at radius 3 is 2.53 bits per heavy atom. The molecule has 0 spiro atoms. The van der Waals surface area contributed by atoms with Crippen LogP contribution >= 0.6 is 43.2 Å². The summed E-state index contributed by atoms with van der Waals surface area (Å²) in [7, 11) is 0. The Balaban J connectivity index is 2.38. The summed E-state index contributed by atoms with van der Waals surface area (Å²) in [5, 5.41) is 0. The molecule has 7 heteroatoms. The molecule has 19 heavy (non-hydrogen) atoms. The van der Waals surface area contributed by atoms with Crippen LogP contribution in [0.1, 0.15) is 15.2 Å². The minimum Gasteiger partial charge on any atom is -0.434 e. The molecule has 0 aliphatic heterocycles. The first-order valence-corrected chi connectivity index (χ1v) is 7.42. The van der Waals surface area contributed by atoms with Crippen molar-refractivity contribution in [1.82, 2.24) is 0 Å². The summed E-state index contributed by atoms with van der Waals surface area (Å²) in [6.45, 7) is -2.96. The molecule has 0 aliphatic carbocycles. The van der Waals surface area contributed by atoms with E-state index in [2.05, 4.69) is 36.6 Å². The minimum absolute atomic E-state index is 0.115. The molecule has 0 bridgehead atoms. The van der Waals surface area contributed by atoms with Crippen molar-refractivity contribution in [3.05, 3.63) is 49.0 Å². The highest BCUT2D eigenvalue weighted by Crippen LogP contribution is 2.34. The van der Waals surface area contributed by atoms with Gasteiger partial charge < -0.3 is 4.74 Å². The molecule has 0 amide bonds. The number of rotatable bonds is 4. The number of hydrogen-bond acceptors (Lipinski definition) is 3. The van der Waals surface area contributed by atoms with E-state index in [-0.39, 0.29) is 17.1 Å². The van der Waals surface area contributed by atoms with Gasteiger partial charge in [0.25, 0.3) is 0 Å². The molecule has 2 nitrogen and oxygen atoms in total. The van der Waals surface area contributed by atoms with Gasteiger partial charge in [0.1, 0.15) is 5.75 Å². The quantitative estimate of drug-likeness (QED) is 0.653. The van der Waals surface area contributed by atoms with Crippen LogP contribution in [-0.4, -0.2) is 12.4 Å². The fourth-order valence-corrected chi connectivity index (χ4v) is 3.43. The smallest absolute Gasteiger partial charge is 0.387 e. The second-order valence-electron chi connectivity index (χ2n) is 3.44. The van der Waals surface area contributed by atoms with E-state index >= 15 is 0 Å². The molecule has 2 rings (SSSR count). The van der Waals surface area contributed by atoms with E-state index < -0.39 is 6.61 Å². The van der Waals surface area contributed by atoms with E-state index in [4.69, 9.17) is 0 Å². The topological polar surface area (TPSA) is 26.3 Å². The third-order valence-electron chi connectivity index (χ3n) is 2.22. The van der Waals surface area contributed by atoms with Gasteiger partial charge in [-0.05, 0) is 50.1 Å². The molecule has 0 saturated heterocycles. The molecular formula is C12H6Br2F2O2S. The van der Waals surface area contributed by atoms with Crippen LogP contribution in [0.3, 0.4) is 0 Å². The second kappa shape index (κ2) is 6.11. The van der Waals surface area contributed by atoms with Crippen molar-refractivity contribution in [1.29, 1.82) is 0 Å². The van der Waals surface area contributed by atoms with Gasteiger partial charge in [-0.25, -0.2) is 0 Å². The van der Waals surface area contributed by atoms with Gasteiger partial charge in [0, 0.05) is 4.47 Å². The van der Waals surface area contributed by atoms with Crippen LogP contribution in [-0.2, 0) is 0 Å². The van der Waals surface area contributed by atoms with Crippen molar-refractivity contribution in [2.45, 2.75) is 6.61 Å². The van der Waals surface area contributed by atoms with E-state index in [9.17, 15) is 13.6 Å². The highest BCUT2D eigenvalue weighted by molar-refractivity contribution is 9.13. The number of para-hydroxylation sites is 1. The monoisotopic (exact) mass is 410 g/mol. The fraction of sp³-hybridized carbons (Fsp3) is 0.0833. The summed E-state index contributed by atoms with van der Waals surface area (Å²) in [6.07, 6.45) is 0. The Kier molecular flexibility index (Phi) is 4.70. The maximum atomic E-state index is 12.3. The lowest BCUT2D eigenvalue weighted by Gasteiger charge is -2.08. The summed E-state index contributed by atoms with van der Waals surface area (Å²) in [5.41, 5.74) is 0.115. The van der Waals surface area contributed by atoms with Gasteiger partial charge in [-0.3, -0.25) is 4.79 Å². The first-order chi connectivity index (χ1) is 8.99. The zero-order chi connectivity index (χ0) is 14.0. The number of hydrogen-bond donors (Lipinski definition) is 0. The van der Waals surface area contributed by atoms with E-state index in [0.717, 1.165) is 8.26 Å². The van der Waals surface area contributed by atoms with E-state index in [1.165, 1.54) is 29.5 Å². The summed E-state index contributed by atoms with van der Waals surface area (Å²) in [5.74, 6) is -0.476. The average molecular weight is 412 g/mol. The van der Waals surface area contributed by atoms with Gasteiger partial charge >= 0.3 is 6.61 Å². The second-order valence-corrected chi connectivity index (χ2v) is 6.66. The molecule has 0 saturated carbocycles. The third-order valence-corrected chi connectivity index (χ3v) is 5.47. The predicted molar refractivity (Wildman–Crippen MR) is 76.2 cm³/mol. The third kappa shape index (κ3) is 3.40. The Bertz CT molecular complexity index is 594. The molecule has 100 valence electrons. The number of ketones is 1. The molecule has 0 atom stereocenters. The lowest BCUT2D eigenvalue weighted by atomic mass is 10.1. The van der Waals surface area contributed by atoms with Crippen LogP contribution in [0.2, 0.25) is 0 Å². The lowest BCUT2D eigenvalue weighted by Crippen LogP contribution is -2.07. The number of benzene rings is 1. The minimum atomic E-state index is -2.96. The average Bonchev–Trinajstić information content (AvgIpc) is 2.69. The van der Waals surface area contributed by atoms with Crippen LogP contribution in [0.15, 0.2) is 38.6 Å². The SMILES string of the molecule is O=C(c1cc(Br)c(Br)s1)c1ccccc1OC(F)F. The van der Waals surface area contributed by atoms with Gasteiger partial charge in [-0.1, -0.05) is 12.1 Å². The normalized spacial score (nSPS) is 10.8. The maximum absolute atomic E-state index is 12.3. The largest absolute Gasteiger partial charge is 0.434 e. The van der Waals surface area contributed by atoms with Crippen LogP contribution < -0.4 is 4.74 Å². The van der Waals surface area contributed by atoms with Gasteiger partial charge in [-0.2, -0.15) is 8.78 Å². The first kappa shape index (κ1) is 14.6. The van der Waals surface area contributed by atoms with Crippen molar-refractivity contribution in [3.63, 3.8) is 0 Å². The van der Waals surface area contributed by atoms with Gasteiger partial charge in [0.05, 0.1) is 14.2 Å². The summed E-state index contributed by atoms with van der Waals surface area (Å²) < 4.78 is 30.4. The molecule has 0 aliphatic rings. The molecule has 1 aromatic heterocycles. The van der Waals surface area contributed by atoms with Crippen LogP contribution in [0, 0.1) is 0 Å². The zero-order valence-electron chi connectivity index (χ0n) is 9.20. The number of alkyl halides is 2.